The van der Waals surface area contributed by atoms with E-state index >= 15 is 0 Å². The lowest BCUT2D eigenvalue weighted by Crippen LogP contribution is -1.86. The van der Waals surface area contributed by atoms with E-state index in [1.54, 1.807) is 22.5 Å². The number of rotatable bonds is 2. The maximum Gasteiger partial charge on any atom is 0.269 e. The van der Waals surface area contributed by atoms with Crippen molar-refractivity contribution in [1.29, 1.82) is 0 Å². The predicted molar refractivity (Wildman–Crippen MR) is 65.1 cm³/mol. The SMILES string of the molecule is O=[N+]([O-])c1ccc(-c2cc(=S)ss2)cc1. The molecular formula is C9H5NO2S3. The standard InChI is InChI=1S/C9H5NO2S3/c11-10(12)7-3-1-6(2-4-7)8-5-9(13)15-14-8/h1-5H. The van der Waals surface area contributed by atoms with Crippen molar-refractivity contribution in [2.24, 2.45) is 0 Å². The fourth-order valence-electron chi connectivity index (χ4n) is 1.12. The zero-order valence-corrected chi connectivity index (χ0v) is 9.82. The average Bonchev–Trinajstić information content (AvgIpc) is 2.65. The smallest absolute Gasteiger partial charge is 0.258 e. The Morgan fingerprint density at radius 1 is 1.20 bits per heavy atom. The molecule has 1 heterocycles. The van der Waals surface area contributed by atoms with E-state index < -0.39 is 4.92 Å². The highest BCUT2D eigenvalue weighted by molar-refractivity contribution is 7.80. The molecule has 2 aromatic rings. The first-order chi connectivity index (χ1) is 7.16. The Balaban J connectivity index is 2.39. The third kappa shape index (κ3) is 2.28. The Labute approximate surface area is 98.2 Å². The predicted octanol–water partition coefficient (Wildman–Crippen LogP) is 4.11. The molecule has 0 spiro atoms. The molecule has 0 atom stereocenters. The van der Waals surface area contributed by atoms with Crippen LogP contribution in [0.4, 0.5) is 5.69 Å². The van der Waals surface area contributed by atoms with Gasteiger partial charge in [0.2, 0.25) is 0 Å². The number of hydrogen-bond donors (Lipinski definition) is 0. The number of nitro groups is 1. The van der Waals surface area contributed by atoms with Crippen LogP contribution in [0.25, 0.3) is 10.4 Å². The zero-order valence-electron chi connectivity index (χ0n) is 7.38. The summed E-state index contributed by atoms with van der Waals surface area (Å²) in [6, 6.07) is 8.40. The molecule has 3 nitrogen and oxygen atoms in total. The van der Waals surface area contributed by atoms with Gasteiger partial charge in [0.05, 0.1) is 4.92 Å². The van der Waals surface area contributed by atoms with E-state index in [4.69, 9.17) is 12.2 Å². The zero-order chi connectivity index (χ0) is 10.8. The second-order valence-electron chi connectivity index (χ2n) is 2.80. The van der Waals surface area contributed by atoms with Crippen molar-refractivity contribution in [1.82, 2.24) is 0 Å². The largest absolute Gasteiger partial charge is 0.269 e. The number of hydrogen-bond acceptors (Lipinski definition) is 5. The van der Waals surface area contributed by atoms with E-state index in [1.807, 2.05) is 6.07 Å². The maximum atomic E-state index is 10.4. The lowest BCUT2D eigenvalue weighted by atomic mass is 10.2. The lowest BCUT2D eigenvalue weighted by molar-refractivity contribution is -0.384. The third-order valence-corrected chi connectivity index (χ3v) is 4.74. The fourth-order valence-corrected chi connectivity index (χ4v) is 3.52. The first kappa shape index (κ1) is 10.4. The Morgan fingerprint density at radius 3 is 2.33 bits per heavy atom. The first-order valence-electron chi connectivity index (χ1n) is 4.02. The van der Waals surface area contributed by atoms with Gasteiger partial charge in [-0.3, -0.25) is 10.1 Å². The molecule has 1 aromatic carbocycles. The highest BCUT2D eigenvalue weighted by Gasteiger charge is 2.05. The van der Waals surface area contributed by atoms with Crippen LogP contribution in [0.1, 0.15) is 0 Å². The summed E-state index contributed by atoms with van der Waals surface area (Å²) in [5.41, 5.74) is 1.08. The highest BCUT2D eigenvalue weighted by Crippen LogP contribution is 2.30. The molecule has 0 bridgehead atoms. The quantitative estimate of drug-likeness (QED) is 0.351. The molecule has 0 aliphatic rings. The van der Waals surface area contributed by atoms with Crippen LogP contribution in [0.5, 0.6) is 0 Å². The summed E-state index contributed by atoms with van der Waals surface area (Å²) in [5, 5.41) is 10.4. The van der Waals surface area contributed by atoms with Crippen LogP contribution in [0.3, 0.4) is 0 Å². The molecule has 0 N–H and O–H groups in total. The summed E-state index contributed by atoms with van der Waals surface area (Å²) in [4.78, 5) is 11.1. The van der Waals surface area contributed by atoms with E-state index in [0.717, 1.165) is 14.3 Å². The van der Waals surface area contributed by atoms with Gasteiger partial charge in [0.15, 0.2) is 0 Å². The second-order valence-corrected chi connectivity index (χ2v) is 5.71. The molecule has 76 valence electrons. The van der Waals surface area contributed by atoms with Gasteiger partial charge >= 0.3 is 0 Å². The molecule has 0 aliphatic carbocycles. The number of benzene rings is 1. The summed E-state index contributed by atoms with van der Waals surface area (Å²) >= 11 is 5.02. The Bertz CT molecular complexity index is 541. The van der Waals surface area contributed by atoms with Gasteiger partial charge in [-0.1, -0.05) is 32.9 Å². The number of nitro benzene ring substituents is 1. The number of non-ortho nitro benzene ring substituents is 1. The van der Waals surface area contributed by atoms with Crippen molar-refractivity contribution in [2.75, 3.05) is 0 Å². The molecule has 2 rings (SSSR count). The Morgan fingerprint density at radius 2 is 1.87 bits per heavy atom. The van der Waals surface area contributed by atoms with Gasteiger partial charge in [0, 0.05) is 17.0 Å². The van der Waals surface area contributed by atoms with E-state index in [-0.39, 0.29) is 5.69 Å². The molecule has 0 unspecified atom stereocenters. The molecule has 0 saturated carbocycles. The van der Waals surface area contributed by atoms with Gasteiger partial charge in [0.1, 0.15) is 3.82 Å². The van der Waals surface area contributed by atoms with Gasteiger partial charge in [-0.2, -0.15) is 0 Å². The minimum atomic E-state index is -0.403. The van der Waals surface area contributed by atoms with Crippen molar-refractivity contribution in [3.05, 3.63) is 44.3 Å². The van der Waals surface area contributed by atoms with Gasteiger partial charge in [-0.25, -0.2) is 0 Å². The molecular weight excluding hydrogens is 250 g/mol. The summed E-state index contributed by atoms with van der Waals surface area (Å²) in [7, 11) is 3.12. The monoisotopic (exact) mass is 255 g/mol. The van der Waals surface area contributed by atoms with Crippen molar-refractivity contribution >= 4 is 38.6 Å². The van der Waals surface area contributed by atoms with Crippen molar-refractivity contribution in [3.63, 3.8) is 0 Å². The van der Waals surface area contributed by atoms with Crippen LogP contribution in [0.15, 0.2) is 30.3 Å². The fraction of sp³-hybridized carbons (Fsp3) is 0. The van der Waals surface area contributed by atoms with Crippen LogP contribution in [-0.4, -0.2) is 4.92 Å². The van der Waals surface area contributed by atoms with E-state index in [9.17, 15) is 10.1 Å². The maximum absolute atomic E-state index is 10.4. The van der Waals surface area contributed by atoms with E-state index in [0.29, 0.717) is 0 Å². The van der Waals surface area contributed by atoms with E-state index in [2.05, 4.69) is 0 Å². The van der Waals surface area contributed by atoms with Gasteiger partial charge in [0.25, 0.3) is 5.69 Å². The first-order valence-corrected chi connectivity index (χ1v) is 6.57. The summed E-state index contributed by atoms with van der Waals surface area (Å²) in [6.45, 7) is 0. The normalized spacial score (nSPS) is 10.1. The number of nitrogens with zero attached hydrogens (tertiary/aromatic N) is 1. The highest BCUT2D eigenvalue weighted by atomic mass is 32.9. The van der Waals surface area contributed by atoms with Crippen LogP contribution < -0.4 is 0 Å². The molecule has 0 fully saturated rings. The minimum absolute atomic E-state index is 0.109. The van der Waals surface area contributed by atoms with Gasteiger partial charge < -0.3 is 0 Å². The van der Waals surface area contributed by atoms with Crippen molar-refractivity contribution in [2.45, 2.75) is 0 Å². The summed E-state index contributed by atoms with van der Waals surface area (Å²) < 4.78 is 0.841. The Kier molecular flexibility index (Phi) is 2.90. The molecule has 0 saturated heterocycles. The second kappa shape index (κ2) is 4.18. The van der Waals surface area contributed by atoms with Crippen molar-refractivity contribution < 1.29 is 4.92 Å². The average molecular weight is 255 g/mol. The van der Waals surface area contributed by atoms with Crippen LogP contribution in [0, 0.1) is 13.9 Å². The summed E-state index contributed by atoms with van der Waals surface area (Å²) in [6.07, 6.45) is 0. The minimum Gasteiger partial charge on any atom is -0.258 e. The molecule has 1 aromatic heterocycles. The summed E-state index contributed by atoms with van der Waals surface area (Å²) in [5.74, 6) is 0. The van der Waals surface area contributed by atoms with Crippen LogP contribution >= 0.6 is 32.9 Å². The van der Waals surface area contributed by atoms with Crippen molar-refractivity contribution in [3.8, 4) is 10.4 Å². The topological polar surface area (TPSA) is 43.1 Å². The molecule has 15 heavy (non-hydrogen) atoms. The van der Waals surface area contributed by atoms with Gasteiger partial charge in [-0.15, -0.1) is 0 Å². The third-order valence-electron chi connectivity index (χ3n) is 1.83. The molecule has 0 radical (unpaired) electrons. The lowest BCUT2D eigenvalue weighted by Gasteiger charge is -1.95. The molecule has 0 amide bonds. The molecule has 0 aliphatic heterocycles. The van der Waals surface area contributed by atoms with Crippen LogP contribution in [0.2, 0.25) is 0 Å². The van der Waals surface area contributed by atoms with Gasteiger partial charge in [-0.05, 0) is 23.8 Å². The molecule has 6 heteroatoms. The van der Waals surface area contributed by atoms with E-state index in [1.165, 1.54) is 22.5 Å². The van der Waals surface area contributed by atoms with Crippen LogP contribution in [-0.2, 0) is 0 Å². The Hall–Kier alpha value is -1.11.